The molecule has 9 nitrogen and oxygen atoms in total. The van der Waals surface area contributed by atoms with E-state index in [9.17, 15) is 18.3 Å². The molecule has 148 valence electrons. The van der Waals surface area contributed by atoms with Crippen molar-refractivity contribution in [3.63, 3.8) is 0 Å². The highest BCUT2D eigenvalue weighted by molar-refractivity contribution is 7.89. The van der Waals surface area contributed by atoms with E-state index in [0.29, 0.717) is 28.3 Å². The van der Waals surface area contributed by atoms with Crippen molar-refractivity contribution in [3.8, 4) is 11.5 Å². The van der Waals surface area contributed by atoms with Crippen LogP contribution >= 0.6 is 0 Å². The van der Waals surface area contributed by atoms with Gasteiger partial charge in [0.05, 0.1) is 24.8 Å². The molecule has 0 spiro atoms. The smallest absolute Gasteiger partial charge is 0.326 e. The van der Waals surface area contributed by atoms with Crippen molar-refractivity contribution in [2.45, 2.75) is 31.7 Å². The van der Waals surface area contributed by atoms with E-state index in [1.807, 2.05) is 0 Å². The fourth-order valence-electron chi connectivity index (χ4n) is 2.91. The number of hydrogen-bond acceptors (Lipinski definition) is 6. The van der Waals surface area contributed by atoms with E-state index < -0.39 is 22.0 Å². The van der Waals surface area contributed by atoms with Gasteiger partial charge in [-0.3, -0.25) is 9.48 Å². The Morgan fingerprint density at radius 1 is 1.19 bits per heavy atom. The molecule has 1 unspecified atom stereocenters. The summed E-state index contributed by atoms with van der Waals surface area (Å²) in [5.74, 6) is -0.720. The quantitative estimate of drug-likeness (QED) is 0.726. The molecule has 2 N–H and O–H groups in total. The lowest BCUT2D eigenvalue weighted by Gasteiger charge is -2.18. The molecule has 0 aliphatic carbocycles. The van der Waals surface area contributed by atoms with Crippen LogP contribution in [0.15, 0.2) is 17.0 Å². The number of aliphatic carboxylic acids is 1. The Hall–Kier alpha value is -2.59. The fraction of sp³-hybridized carbons (Fsp3) is 0.412. The number of aromatic nitrogens is 2. The lowest BCUT2D eigenvalue weighted by atomic mass is 10.1. The van der Waals surface area contributed by atoms with Crippen LogP contribution < -0.4 is 14.2 Å². The standard InChI is InChI=1S/C17H23N3O6S/c1-9-7-12(25-5)13(26-6)8-14(9)27(23,24)19-16(17(21)22)15-10(2)18-20(4)11(15)3/h7-8,16,19H,1-6H3,(H,21,22). The zero-order valence-electron chi connectivity index (χ0n) is 16.0. The molecule has 0 saturated carbocycles. The van der Waals surface area contributed by atoms with Crippen molar-refractivity contribution >= 4 is 16.0 Å². The monoisotopic (exact) mass is 397 g/mol. The maximum atomic E-state index is 12.9. The van der Waals surface area contributed by atoms with Gasteiger partial charge in [-0.05, 0) is 32.4 Å². The van der Waals surface area contributed by atoms with Gasteiger partial charge >= 0.3 is 5.97 Å². The molecular formula is C17H23N3O6S. The van der Waals surface area contributed by atoms with Gasteiger partial charge in [-0.2, -0.15) is 9.82 Å². The molecule has 1 aromatic heterocycles. The van der Waals surface area contributed by atoms with Crippen molar-refractivity contribution < 1.29 is 27.8 Å². The van der Waals surface area contributed by atoms with Crippen molar-refractivity contribution in [3.05, 3.63) is 34.6 Å². The first kappa shape index (κ1) is 20.7. The first-order valence-electron chi connectivity index (χ1n) is 8.01. The van der Waals surface area contributed by atoms with E-state index in [2.05, 4.69) is 9.82 Å². The number of nitrogens with zero attached hydrogens (tertiary/aromatic N) is 2. The molecule has 1 heterocycles. The number of rotatable bonds is 7. The van der Waals surface area contributed by atoms with E-state index in [1.165, 1.54) is 31.0 Å². The molecule has 0 radical (unpaired) electrons. The SMILES string of the molecule is COc1cc(C)c(S(=O)(=O)NC(C(=O)O)c2c(C)nn(C)c2C)cc1OC. The molecule has 2 aromatic rings. The third kappa shape index (κ3) is 3.91. The molecule has 0 aliphatic rings. The molecule has 0 amide bonds. The second-order valence-electron chi connectivity index (χ2n) is 6.07. The Bertz CT molecular complexity index is 981. The maximum Gasteiger partial charge on any atom is 0.326 e. The molecule has 1 aromatic carbocycles. The van der Waals surface area contributed by atoms with E-state index in [-0.39, 0.29) is 10.6 Å². The summed E-state index contributed by atoms with van der Waals surface area (Å²) < 4.78 is 40.0. The van der Waals surface area contributed by atoms with Crippen LogP contribution in [0.5, 0.6) is 11.5 Å². The molecule has 0 bridgehead atoms. The molecule has 27 heavy (non-hydrogen) atoms. The van der Waals surface area contributed by atoms with Crippen LogP contribution in [0, 0.1) is 20.8 Å². The van der Waals surface area contributed by atoms with Gasteiger partial charge in [-0.1, -0.05) is 0 Å². The zero-order chi connectivity index (χ0) is 20.5. The van der Waals surface area contributed by atoms with Crippen molar-refractivity contribution in [2.75, 3.05) is 14.2 Å². The van der Waals surface area contributed by atoms with Crippen LogP contribution in [0.2, 0.25) is 0 Å². The number of nitrogens with one attached hydrogen (secondary N) is 1. The van der Waals surface area contributed by atoms with Gasteiger partial charge in [-0.25, -0.2) is 8.42 Å². The Kier molecular flexibility index (Phi) is 5.81. The van der Waals surface area contributed by atoms with Gasteiger partial charge in [0.15, 0.2) is 11.5 Å². The summed E-state index contributed by atoms with van der Waals surface area (Å²) in [6.45, 7) is 4.91. The predicted molar refractivity (Wildman–Crippen MR) is 97.7 cm³/mol. The number of hydrogen-bond donors (Lipinski definition) is 2. The maximum absolute atomic E-state index is 12.9. The lowest BCUT2D eigenvalue weighted by Crippen LogP contribution is -2.34. The minimum Gasteiger partial charge on any atom is -0.493 e. The van der Waals surface area contributed by atoms with Crippen LogP contribution in [-0.4, -0.2) is 43.5 Å². The summed E-state index contributed by atoms with van der Waals surface area (Å²) in [6, 6.07) is 1.35. The topological polar surface area (TPSA) is 120 Å². The Morgan fingerprint density at radius 3 is 2.19 bits per heavy atom. The average Bonchev–Trinajstić information content (AvgIpc) is 2.84. The van der Waals surface area contributed by atoms with E-state index in [1.54, 1.807) is 27.8 Å². The first-order valence-corrected chi connectivity index (χ1v) is 9.49. The third-order valence-corrected chi connectivity index (χ3v) is 5.91. The summed E-state index contributed by atoms with van der Waals surface area (Å²) >= 11 is 0. The van der Waals surface area contributed by atoms with E-state index in [4.69, 9.17) is 9.47 Å². The van der Waals surface area contributed by atoms with Gasteiger partial charge in [0.25, 0.3) is 0 Å². The number of benzene rings is 1. The van der Waals surface area contributed by atoms with Gasteiger partial charge in [0.1, 0.15) is 6.04 Å². The normalized spacial score (nSPS) is 12.7. The van der Waals surface area contributed by atoms with Gasteiger partial charge in [0, 0.05) is 24.4 Å². The highest BCUT2D eigenvalue weighted by Gasteiger charge is 2.32. The number of sulfonamides is 1. The van der Waals surface area contributed by atoms with E-state index in [0.717, 1.165) is 0 Å². The largest absolute Gasteiger partial charge is 0.493 e. The summed E-state index contributed by atoms with van der Waals surface area (Å²) in [5, 5.41) is 13.8. The molecule has 0 saturated heterocycles. The molecule has 0 aliphatic heterocycles. The van der Waals surface area contributed by atoms with Crippen molar-refractivity contribution in [1.29, 1.82) is 0 Å². The number of carboxylic acid groups (broad SMARTS) is 1. The summed E-state index contributed by atoms with van der Waals surface area (Å²) in [6.07, 6.45) is 0. The van der Waals surface area contributed by atoms with Gasteiger partial charge < -0.3 is 14.6 Å². The van der Waals surface area contributed by atoms with Gasteiger partial charge in [0.2, 0.25) is 10.0 Å². The molecule has 2 rings (SSSR count). The summed E-state index contributed by atoms with van der Waals surface area (Å²) in [5.41, 5.74) is 1.70. The predicted octanol–water partition coefficient (Wildman–Crippen LogP) is 1.47. The Balaban J connectivity index is 2.54. The highest BCUT2D eigenvalue weighted by Crippen LogP contribution is 2.33. The summed E-state index contributed by atoms with van der Waals surface area (Å²) in [7, 11) is 0.327. The van der Waals surface area contributed by atoms with Crippen LogP contribution in [0.25, 0.3) is 0 Å². The molecule has 10 heteroatoms. The number of carbonyl (C=O) groups is 1. The van der Waals surface area contributed by atoms with Crippen LogP contribution in [0.3, 0.4) is 0 Å². The summed E-state index contributed by atoms with van der Waals surface area (Å²) in [4.78, 5) is 11.7. The average molecular weight is 397 g/mol. The Morgan fingerprint density at radius 2 is 1.74 bits per heavy atom. The van der Waals surface area contributed by atoms with Gasteiger partial charge in [-0.15, -0.1) is 0 Å². The fourth-order valence-corrected chi connectivity index (χ4v) is 4.31. The lowest BCUT2D eigenvalue weighted by molar-refractivity contribution is -0.139. The van der Waals surface area contributed by atoms with Crippen molar-refractivity contribution in [2.24, 2.45) is 7.05 Å². The third-order valence-electron chi connectivity index (χ3n) is 4.34. The number of carboxylic acids is 1. The van der Waals surface area contributed by atoms with Crippen LogP contribution in [-0.2, 0) is 21.9 Å². The molecule has 0 fully saturated rings. The number of methoxy groups -OCH3 is 2. The second-order valence-corrected chi connectivity index (χ2v) is 7.76. The van der Waals surface area contributed by atoms with Crippen molar-refractivity contribution in [1.82, 2.24) is 14.5 Å². The number of ether oxygens (including phenoxy) is 2. The van der Waals surface area contributed by atoms with E-state index >= 15 is 0 Å². The van der Waals surface area contributed by atoms with Crippen LogP contribution in [0.1, 0.15) is 28.6 Å². The second kappa shape index (κ2) is 7.57. The zero-order valence-corrected chi connectivity index (χ0v) is 16.8. The first-order chi connectivity index (χ1) is 12.5. The molecular weight excluding hydrogens is 374 g/mol. The minimum atomic E-state index is -4.17. The molecule has 1 atom stereocenters. The minimum absolute atomic E-state index is 0.0920. The Labute approximate surface area is 158 Å². The number of aryl methyl sites for hydroxylation is 3. The highest BCUT2D eigenvalue weighted by atomic mass is 32.2. The van der Waals surface area contributed by atoms with Crippen LogP contribution in [0.4, 0.5) is 0 Å².